The Hall–Kier alpha value is -2.51. The molecule has 0 spiro atoms. The number of anilines is 1. The van der Waals surface area contributed by atoms with Crippen molar-refractivity contribution in [1.82, 2.24) is 14.5 Å². The van der Waals surface area contributed by atoms with Crippen molar-refractivity contribution in [3.05, 3.63) is 41.6 Å². The lowest BCUT2D eigenvalue weighted by molar-refractivity contribution is 0.0691. The topological polar surface area (TPSA) is 71.2 Å². The summed E-state index contributed by atoms with van der Waals surface area (Å²) in [5, 5.41) is 8.88. The number of rotatable bonds is 5. The predicted molar refractivity (Wildman–Crippen MR) is 81.3 cm³/mol. The summed E-state index contributed by atoms with van der Waals surface area (Å²) in [5.41, 5.74) is 0.000520. The molecule has 0 bridgehead atoms. The second kappa shape index (κ2) is 5.54. The van der Waals surface area contributed by atoms with Crippen molar-refractivity contribution in [2.45, 2.75) is 19.4 Å². The summed E-state index contributed by atoms with van der Waals surface area (Å²) in [4.78, 5) is 20.8. The van der Waals surface area contributed by atoms with Gasteiger partial charge in [-0.05, 0) is 29.9 Å². The number of hydrogen-bond donors (Lipinski definition) is 1. The summed E-state index contributed by atoms with van der Waals surface area (Å²) in [6.45, 7) is 1.89. The van der Waals surface area contributed by atoms with Crippen molar-refractivity contribution >= 4 is 11.8 Å². The number of piperidine rings is 1. The van der Waals surface area contributed by atoms with Crippen LogP contribution in [0.4, 0.5) is 14.6 Å². The number of aromatic carboxylic acids is 1. The van der Waals surface area contributed by atoms with Crippen LogP contribution in [0.15, 0.2) is 24.7 Å². The quantitative estimate of drug-likeness (QED) is 0.909. The van der Waals surface area contributed by atoms with Gasteiger partial charge >= 0.3 is 5.97 Å². The fraction of sp³-hybridized carbons (Fsp3) is 0.438. The molecule has 1 saturated carbocycles. The Bertz CT molecular complexity index is 782. The highest BCUT2D eigenvalue weighted by molar-refractivity contribution is 5.84. The molecule has 1 aliphatic heterocycles. The first-order valence-electron chi connectivity index (χ1n) is 7.79. The molecule has 1 saturated heterocycles. The monoisotopic (exact) mass is 334 g/mol. The molecule has 24 heavy (non-hydrogen) atoms. The van der Waals surface area contributed by atoms with E-state index in [1.165, 1.54) is 23.5 Å². The number of aromatic nitrogens is 3. The van der Waals surface area contributed by atoms with E-state index in [0.717, 1.165) is 13.1 Å². The predicted octanol–water partition coefficient (Wildman–Crippen LogP) is 2.42. The zero-order valence-corrected chi connectivity index (χ0v) is 12.8. The summed E-state index contributed by atoms with van der Waals surface area (Å²) in [6.07, 6.45) is 1.20. The maximum absolute atomic E-state index is 13.4. The number of halogens is 2. The van der Waals surface area contributed by atoms with Gasteiger partial charge in [0.2, 0.25) is 0 Å². The van der Waals surface area contributed by atoms with Crippen LogP contribution in [0.3, 0.4) is 0 Å². The Morgan fingerprint density at radius 2 is 2.08 bits per heavy atom. The smallest absolute Gasteiger partial charge is 0.356 e. The second-order valence-electron chi connectivity index (χ2n) is 6.41. The zero-order chi connectivity index (χ0) is 16.8. The van der Waals surface area contributed by atoms with Gasteiger partial charge in [0.05, 0.1) is 12.9 Å². The van der Waals surface area contributed by atoms with Gasteiger partial charge in [0.1, 0.15) is 11.5 Å². The summed E-state index contributed by atoms with van der Waals surface area (Å²) < 4.78 is 28.3. The van der Waals surface area contributed by atoms with E-state index in [-0.39, 0.29) is 17.9 Å². The van der Waals surface area contributed by atoms with E-state index >= 15 is 0 Å². The van der Waals surface area contributed by atoms with E-state index in [1.54, 1.807) is 12.1 Å². The first-order chi connectivity index (χ1) is 11.5. The number of carboxylic acids is 1. The highest BCUT2D eigenvalue weighted by atomic mass is 19.3. The van der Waals surface area contributed by atoms with E-state index in [1.807, 2.05) is 0 Å². The Balaban J connectivity index is 1.58. The van der Waals surface area contributed by atoms with Gasteiger partial charge in [-0.1, -0.05) is 6.07 Å². The highest BCUT2D eigenvalue weighted by Gasteiger charge is 2.45. The number of hydrogen-bond acceptors (Lipinski definition) is 4. The van der Waals surface area contributed by atoms with Crippen LogP contribution in [0.1, 0.15) is 34.6 Å². The van der Waals surface area contributed by atoms with Crippen LogP contribution in [0.25, 0.3) is 0 Å². The molecular formula is C16H16F2N4O2. The molecule has 8 heteroatoms. The van der Waals surface area contributed by atoms with E-state index < -0.39 is 12.4 Å². The lowest BCUT2D eigenvalue weighted by Crippen LogP contribution is -2.23. The standard InChI is InChI=1S/C16H16F2N4O2/c17-15(18)14-9(4-21-7-12(16(23)24)19-8-21)1-2-13(20-14)22-5-10-3-11(10)6-22/h1-2,7-8,10-11,15H,3-6H2,(H,23,24). The van der Waals surface area contributed by atoms with Crippen molar-refractivity contribution in [3.8, 4) is 0 Å². The Morgan fingerprint density at radius 1 is 1.33 bits per heavy atom. The molecule has 1 N–H and O–H groups in total. The molecule has 4 rings (SSSR count). The largest absolute Gasteiger partial charge is 0.476 e. The summed E-state index contributed by atoms with van der Waals surface area (Å²) >= 11 is 0. The molecule has 0 amide bonds. The number of fused-ring (bicyclic) bond motifs is 1. The van der Waals surface area contributed by atoms with Crippen LogP contribution in [0.5, 0.6) is 0 Å². The van der Waals surface area contributed by atoms with Gasteiger partial charge in [0.25, 0.3) is 6.43 Å². The minimum atomic E-state index is -2.68. The normalized spacial score (nSPS) is 22.0. The molecule has 2 aromatic rings. The number of imidazole rings is 1. The van der Waals surface area contributed by atoms with Gasteiger partial charge in [-0.25, -0.2) is 23.5 Å². The van der Waals surface area contributed by atoms with Gasteiger partial charge in [0.15, 0.2) is 5.69 Å². The highest BCUT2D eigenvalue weighted by Crippen LogP contribution is 2.46. The average molecular weight is 334 g/mol. The molecule has 1 aliphatic carbocycles. The average Bonchev–Trinajstić information content (AvgIpc) is 2.97. The maximum Gasteiger partial charge on any atom is 0.356 e. The van der Waals surface area contributed by atoms with Crippen molar-refractivity contribution < 1.29 is 18.7 Å². The lowest BCUT2D eigenvalue weighted by atomic mass is 10.2. The number of nitrogens with zero attached hydrogens (tertiary/aromatic N) is 4. The lowest BCUT2D eigenvalue weighted by Gasteiger charge is -2.20. The molecule has 126 valence electrons. The van der Waals surface area contributed by atoms with Gasteiger partial charge in [-0.2, -0.15) is 0 Å². The number of alkyl halides is 2. The van der Waals surface area contributed by atoms with Crippen LogP contribution >= 0.6 is 0 Å². The molecule has 2 aliphatic rings. The van der Waals surface area contributed by atoms with Gasteiger partial charge in [-0.15, -0.1) is 0 Å². The number of pyridine rings is 1. The third-order valence-corrected chi connectivity index (χ3v) is 4.71. The van der Waals surface area contributed by atoms with Crippen molar-refractivity contribution in [1.29, 1.82) is 0 Å². The van der Waals surface area contributed by atoms with Crippen molar-refractivity contribution in [2.75, 3.05) is 18.0 Å². The molecule has 2 fully saturated rings. The fourth-order valence-corrected chi connectivity index (χ4v) is 3.33. The Labute approximate surface area is 136 Å². The van der Waals surface area contributed by atoms with Gasteiger partial charge in [0, 0.05) is 19.3 Å². The van der Waals surface area contributed by atoms with Crippen LogP contribution in [-0.2, 0) is 6.54 Å². The molecule has 0 aromatic carbocycles. The van der Waals surface area contributed by atoms with E-state index in [9.17, 15) is 13.6 Å². The Morgan fingerprint density at radius 3 is 2.71 bits per heavy atom. The van der Waals surface area contributed by atoms with E-state index in [2.05, 4.69) is 14.9 Å². The zero-order valence-electron chi connectivity index (χ0n) is 12.8. The SMILES string of the molecule is O=C(O)c1cn(Cc2ccc(N3CC4CC4C3)nc2C(F)F)cn1. The minimum absolute atomic E-state index is 0.110. The van der Waals surface area contributed by atoms with E-state index in [4.69, 9.17) is 5.11 Å². The van der Waals surface area contributed by atoms with E-state index in [0.29, 0.717) is 23.2 Å². The molecule has 3 heterocycles. The molecule has 2 aromatic heterocycles. The summed E-state index contributed by atoms with van der Waals surface area (Å²) in [6, 6.07) is 3.41. The Kier molecular flexibility index (Phi) is 3.47. The molecule has 6 nitrogen and oxygen atoms in total. The third kappa shape index (κ3) is 2.72. The van der Waals surface area contributed by atoms with Crippen LogP contribution < -0.4 is 4.90 Å². The minimum Gasteiger partial charge on any atom is -0.476 e. The summed E-state index contributed by atoms with van der Waals surface area (Å²) in [7, 11) is 0. The van der Waals surface area contributed by atoms with Crippen molar-refractivity contribution in [2.24, 2.45) is 11.8 Å². The molecule has 2 unspecified atom stereocenters. The molecule has 0 radical (unpaired) electrons. The second-order valence-corrected chi connectivity index (χ2v) is 6.41. The molecule has 2 atom stereocenters. The molecular weight excluding hydrogens is 318 g/mol. The maximum atomic E-state index is 13.4. The third-order valence-electron chi connectivity index (χ3n) is 4.71. The number of carbonyl (C=O) groups is 1. The fourth-order valence-electron chi connectivity index (χ4n) is 3.33. The van der Waals surface area contributed by atoms with Crippen LogP contribution in [0, 0.1) is 11.8 Å². The van der Waals surface area contributed by atoms with Crippen molar-refractivity contribution in [3.63, 3.8) is 0 Å². The van der Waals surface area contributed by atoms with Gasteiger partial charge < -0.3 is 14.6 Å². The van der Waals surface area contributed by atoms with Crippen LogP contribution in [-0.4, -0.2) is 38.7 Å². The number of carboxylic acid groups (broad SMARTS) is 1. The van der Waals surface area contributed by atoms with Gasteiger partial charge in [-0.3, -0.25) is 0 Å². The first kappa shape index (κ1) is 15.0. The summed E-state index contributed by atoms with van der Waals surface area (Å²) in [5.74, 6) is 0.839. The van der Waals surface area contributed by atoms with Crippen LogP contribution in [0.2, 0.25) is 0 Å². The first-order valence-corrected chi connectivity index (χ1v) is 7.79.